The maximum absolute atomic E-state index is 10.9. The Bertz CT molecular complexity index is 385. The summed E-state index contributed by atoms with van der Waals surface area (Å²) in [4.78, 5) is 21.7. The molecule has 0 saturated carbocycles. The third-order valence-electron chi connectivity index (χ3n) is 1.93. The quantitative estimate of drug-likeness (QED) is 0.805. The first-order valence-corrected chi connectivity index (χ1v) is 6.85. The number of carbonyl (C=O) groups is 2. The van der Waals surface area contributed by atoms with Crippen LogP contribution in [0.5, 0.6) is 5.75 Å². The molecule has 0 heterocycles. The van der Waals surface area contributed by atoms with E-state index in [9.17, 15) is 9.59 Å². The second-order valence-corrected chi connectivity index (χ2v) is 5.26. The second kappa shape index (κ2) is 6.05. The highest BCUT2D eigenvalue weighted by Gasteiger charge is 2.20. The lowest BCUT2D eigenvalue weighted by molar-refractivity contribution is -0.137. The van der Waals surface area contributed by atoms with Crippen LogP contribution in [0.25, 0.3) is 0 Å². The number of benzene rings is 1. The predicted octanol–water partition coefficient (Wildman–Crippen LogP) is 0.821. The normalized spacial score (nSPS) is 10.1. The Morgan fingerprint density at radius 2 is 1.59 bits per heavy atom. The molecular formula is C11H14O5Si. The minimum atomic E-state index is -2.37. The van der Waals surface area contributed by atoms with Gasteiger partial charge < -0.3 is 14.0 Å². The van der Waals surface area contributed by atoms with Crippen molar-refractivity contribution in [1.29, 1.82) is 0 Å². The molecule has 0 spiro atoms. The summed E-state index contributed by atoms with van der Waals surface area (Å²) in [6, 6.07) is 6.84. The van der Waals surface area contributed by atoms with Gasteiger partial charge in [-0.15, -0.1) is 0 Å². The zero-order valence-electron chi connectivity index (χ0n) is 9.67. The zero-order valence-corrected chi connectivity index (χ0v) is 10.8. The number of phenolic OH excluding ortho intramolecular Hbond substituents is 1. The summed E-state index contributed by atoms with van der Waals surface area (Å²) in [5, 5.41) is 9.12. The van der Waals surface area contributed by atoms with E-state index in [0.29, 0.717) is 6.04 Å². The first-order valence-electron chi connectivity index (χ1n) is 5.09. The molecule has 6 heteroatoms. The van der Waals surface area contributed by atoms with Crippen LogP contribution >= 0.6 is 0 Å². The van der Waals surface area contributed by atoms with Gasteiger partial charge in [0.25, 0.3) is 11.9 Å². The highest BCUT2D eigenvalue weighted by atomic mass is 28.3. The molecule has 0 amide bonds. The lowest BCUT2D eigenvalue weighted by Crippen LogP contribution is -2.30. The van der Waals surface area contributed by atoms with Crippen LogP contribution in [0.4, 0.5) is 0 Å². The Morgan fingerprint density at radius 1 is 1.12 bits per heavy atom. The smallest absolute Gasteiger partial charge is 0.452 e. The van der Waals surface area contributed by atoms with Crippen molar-refractivity contribution in [1.82, 2.24) is 0 Å². The second-order valence-electron chi connectivity index (χ2n) is 3.52. The Kier molecular flexibility index (Phi) is 4.71. The van der Waals surface area contributed by atoms with Crippen LogP contribution in [0.2, 0.25) is 0 Å². The third-order valence-corrected chi connectivity index (χ3v) is 3.93. The minimum Gasteiger partial charge on any atom is -0.508 e. The van der Waals surface area contributed by atoms with E-state index >= 15 is 0 Å². The molecule has 0 atom stereocenters. The van der Waals surface area contributed by atoms with Crippen molar-refractivity contribution in [2.24, 2.45) is 0 Å². The van der Waals surface area contributed by atoms with E-state index in [1.165, 1.54) is 26.0 Å². The number of aromatic hydroxyl groups is 1. The molecule has 0 aromatic heterocycles. The van der Waals surface area contributed by atoms with Crippen LogP contribution < -0.4 is 0 Å². The van der Waals surface area contributed by atoms with E-state index in [4.69, 9.17) is 14.0 Å². The fourth-order valence-electron chi connectivity index (χ4n) is 1.30. The molecule has 5 nitrogen and oxygen atoms in total. The van der Waals surface area contributed by atoms with Gasteiger partial charge in [-0.1, -0.05) is 12.1 Å². The summed E-state index contributed by atoms with van der Waals surface area (Å²) >= 11 is 0. The van der Waals surface area contributed by atoms with Gasteiger partial charge in [-0.25, -0.2) is 0 Å². The number of carbonyl (C=O) groups excluding carboxylic acids is 2. The lowest BCUT2D eigenvalue weighted by Gasteiger charge is -2.14. The van der Waals surface area contributed by atoms with Crippen molar-refractivity contribution in [2.75, 3.05) is 0 Å². The molecule has 0 aliphatic carbocycles. The van der Waals surface area contributed by atoms with E-state index in [1.807, 2.05) is 0 Å². The molecule has 1 aromatic rings. The minimum absolute atomic E-state index is 0.159. The zero-order chi connectivity index (χ0) is 12.8. The van der Waals surface area contributed by atoms with Crippen LogP contribution in [-0.4, -0.2) is 26.3 Å². The molecule has 92 valence electrons. The summed E-state index contributed by atoms with van der Waals surface area (Å²) in [5.41, 5.74) is 0.849. The van der Waals surface area contributed by atoms with Crippen LogP contribution in [0.3, 0.4) is 0 Å². The van der Waals surface area contributed by atoms with Gasteiger partial charge in [0.15, 0.2) is 0 Å². The molecule has 0 bridgehead atoms. The van der Waals surface area contributed by atoms with Gasteiger partial charge in [0.05, 0.1) is 0 Å². The van der Waals surface area contributed by atoms with E-state index < -0.39 is 21.2 Å². The van der Waals surface area contributed by atoms with E-state index in [1.54, 1.807) is 12.1 Å². The lowest BCUT2D eigenvalue weighted by atomic mass is 10.2. The van der Waals surface area contributed by atoms with Crippen LogP contribution in [0.1, 0.15) is 19.4 Å². The molecule has 0 aliphatic heterocycles. The standard InChI is InChI=1S/C11H14O5Si/c1-8(12)15-17(16-9(2)13)7-10-3-5-11(14)6-4-10/h3-6,14,17H,7H2,1-2H3. The number of phenols is 1. The summed E-state index contributed by atoms with van der Waals surface area (Å²) < 4.78 is 9.98. The van der Waals surface area contributed by atoms with Crippen molar-refractivity contribution in [3.8, 4) is 5.75 Å². The highest BCUT2D eigenvalue weighted by molar-refractivity contribution is 6.48. The van der Waals surface area contributed by atoms with Crippen molar-refractivity contribution in [3.63, 3.8) is 0 Å². The van der Waals surface area contributed by atoms with Gasteiger partial charge in [0.2, 0.25) is 0 Å². The van der Waals surface area contributed by atoms with Crippen molar-refractivity contribution < 1.29 is 23.5 Å². The van der Waals surface area contributed by atoms with E-state index in [-0.39, 0.29) is 5.75 Å². The van der Waals surface area contributed by atoms with Crippen molar-refractivity contribution in [3.05, 3.63) is 29.8 Å². The Balaban J connectivity index is 2.67. The number of hydrogen-bond donors (Lipinski definition) is 1. The van der Waals surface area contributed by atoms with Gasteiger partial charge in [-0.3, -0.25) is 9.59 Å². The summed E-state index contributed by atoms with van der Waals surface area (Å²) in [6.07, 6.45) is 0. The summed E-state index contributed by atoms with van der Waals surface area (Å²) in [7, 11) is -2.37. The Hall–Kier alpha value is -1.82. The maximum atomic E-state index is 10.9. The predicted molar refractivity (Wildman–Crippen MR) is 62.5 cm³/mol. The highest BCUT2D eigenvalue weighted by Crippen LogP contribution is 2.11. The molecule has 1 aromatic carbocycles. The molecule has 1 rings (SSSR count). The summed E-state index contributed by atoms with van der Waals surface area (Å²) in [6.45, 7) is 2.56. The van der Waals surface area contributed by atoms with E-state index in [2.05, 4.69) is 0 Å². The van der Waals surface area contributed by atoms with Gasteiger partial charge in [-0.2, -0.15) is 0 Å². The Labute approximate surface area is 101 Å². The van der Waals surface area contributed by atoms with Gasteiger partial charge >= 0.3 is 9.28 Å². The topological polar surface area (TPSA) is 72.8 Å². The molecule has 0 fully saturated rings. The van der Waals surface area contributed by atoms with Crippen LogP contribution in [0.15, 0.2) is 24.3 Å². The van der Waals surface area contributed by atoms with Gasteiger partial charge in [0.1, 0.15) is 5.75 Å². The van der Waals surface area contributed by atoms with Crippen LogP contribution in [-0.2, 0) is 24.5 Å². The Morgan fingerprint density at radius 3 is 2.00 bits per heavy atom. The average Bonchev–Trinajstić information content (AvgIpc) is 2.19. The largest absolute Gasteiger partial charge is 0.508 e. The average molecular weight is 254 g/mol. The SMILES string of the molecule is CC(=O)O[SiH](Cc1ccc(O)cc1)OC(C)=O. The monoisotopic (exact) mass is 254 g/mol. The molecule has 1 N–H and O–H groups in total. The van der Waals surface area contributed by atoms with Crippen molar-refractivity contribution >= 4 is 21.2 Å². The third kappa shape index (κ3) is 5.16. The molecule has 0 unspecified atom stereocenters. The van der Waals surface area contributed by atoms with E-state index in [0.717, 1.165) is 5.56 Å². The fourth-order valence-corrected chi connectivity index (χ4v) is 2.91. The maximum Gasteiger partial charge on any atom is 0.452 e. The molecular weight excluding hydrogens is 240 g/mol. The number of hydrogen-bond acceptors (Lipinski definition) is 5. The summed E-state index contributed by atoms with van der Waals surface area (Å²) in [5.74, 6) is -0.754. The van der Waals surface area contributed by atoms with Gasteiger partial charge in [0, 0.05) is 19.9 Å². The molecule has 0 aliphatic rings. The van der Waals surface area contributed by atoms with Crippen LogP contribution in [0, 0.1) is 0 Å². The fraction of sp³-hybridized carbons (Fsp3) is 0.273. The van der Waals surface area contributed by atoms with Crippen molar-refractivity contribution in [2.45, 2.75) is 19.9 Å². The first-order chi connectivity index (χ1) is 7.97. The molecule has 0 saturated heterocycles. The molecule has 17 heavy (non-hydrogen) atoms. The first kappa shape index (κ1) is 13.2. The van der Waals surface area contributed by atoms with Gasteiger partial charge in [-0.05, 0) is 17.7 Å². The molecule has 0 radical (unpaired) electrons. The number of rotatable bonds is 4.